The number of nitrogens with zero attached hydrogens (tertiary/aromatic N) is 1. The van der Waals surface area contributed by atoms with E-state index in [1.165, 1.54) is 0 Å². The first kappa shape index (κ1) is 22.5. The Morgan fingerprint density at radius 3 is 2.32 bits per heavy atom. The quantitative estimate of drug-likeness (QED) is 0.511. The molecule has 3 aromatic rings. The second kappa shape index (κ2) is 9.29. The molecule has 1 amide bonds. The van der Waals surface area contributed by atoms with Crippen molar-refractivity contribution in [3.63, 3.8) is 0 Å². The highest BCUT2D eigenvalue weighted by Gasteiger charge is 2.30. The van der Waals surface area contributed by atoms with E-state index in [-0.39, 0.29) is 5.91 Å². The highest BCUT2D eigenvalue weighted by Crippen LogP contribution is 2.32. The van der Waals surface area contributed by atoms with Gasteiger partial charge in [-0.1, -0.05) is 23.7 Å². The summed E-state index contributed by atoms with van der Waals surface area (Å²) in [5.74, 6) is -1.32. The summed E-state index contributed by atoms with van der Waals surface area (Å²) in [5, 5.41) is 13.1. The number of aromatic nitrogens is 1. The van der Waals surface area contributed by atoms with Crippen LogP contribution in [0.1, 0.15) is 25.0 Å². The van der Waals surface area contributed by atoms with Gasteiger partial charge in [-0.2, -0.15) is 0 Å². The summed E-state index contributed by atoms with van der Waals surface area (Å²) < 4.78 is 0. The zero-order chi connectivity index (χ0) is 22.6. The molecule has 2 aromatic carbocycles. The Morgan fingerprint density at radius 1 is 1.06 bits per heavy atom. The molecule has 0 unspecified atom stereocenters. The van der Waals surface area contributed by atoms with Gasteiger partial charge in [-0.15, -0.1) is 0 Å². The summed E-state index contributed by atoms with van der Waals surface area (Å²) in [6.07, 6.45) is 3.66. The number of pyridine rings is 1. The smallest absolute Gasteiger partial charge is 0.313 e. The normalized spacial score (nSPS) is 12.3. The Bertz CT molecular complexity index is 1080. The Hall–Kier alpha value is -3.22. The van der Waals surface area contributed by atoms with E-state index < -0.39 is 17.4 Å². The Labute approximate surface area is 186 Å². The zero-order valence-electron chi connectivity index (χ0n) is 17.3. The van der Waals surface area contributed by atoms with E-state index in [2.05, 4.69) is 10.3 Å². The molecular formula is C24H24ClN3O3. The van der Waals surface area contributed by atoms with Crippen molar-refractivity contribution < 1.29 is 14.7 Å². The molecule has 1 heterocycles. The maximum absolute atomic E-state index is 12.7. The Balaban J connectivity index is 1.89. The van der Waals surface area contributed by atoms with Crippen LogP contribution < -0.4 is 11.1 Å². The molecule has 0 aliphatic heterocycles. The highest BCUT2D eigenvalue weighted by atomic mass is 35.5. The van der Waals surface area contributed by atoms with Crippen molar-refractivity contribution in [2.75, 3.05) is 5.32 Å². The van der Waals surface area contributed by atoms with Crippen LogP contribution >= 0.6 is 11.6 Å². The summed E-state index contributed by atoms with van der Waals surface area (Å²) in [6.45, 7) is 3.25. The van der Waals surface area contributed by atoms with Crippen molar-refractivity contribution >= 4 is 29.2 Å². The van der Waals surface area contributed by atoms with Gasteiger partial charge in [-0.25, -0.2) is 0 Å². The van der Waals surface area contributed by atoms with Crippen molar-refractivity contribution in [3.05, 3.63) is 83.1 Å². The van der Waals surface area contributed by atoms with Crippen LogP contribution in [0.25, 0.3) is 11.1 Å². The van der Waals surface area contributed by atoms with Gasteiger partial charge in [0.1, 0.15) is 0 Å². The average molecular weight is 438 g/mol. The summed E-state index contributed by atoms with van der Waals surface area (Å²) in [6, 6.07) is 15.3. The van der Waals surface area contributed by atoms with Gasteiger partial charge in [0.15, 0.2) is 0 Å². The van der Waals surface area contributed by atoms with Crippen LogP contribution in [0.15, 0.2) is 67.0 Å². The predicted molar refractivity (Wildman–Crippen MR) is 122 cm³/mol. The van der Waals surface area contributed by atoms with Crippen molar-refractivity contribution in [2.45, 2.75) is 31.7 Å². The van der Waals surface area contributed by atoms with E-state index in [9.17, 15) is 14.7 Å². The molecule has 0 aliphatic carbocycles. The van der Waals surface area contributed by atoms with Gasteiger partial charge in [0.2, 0.25) is 5.91 Å². The first-order chi connectivity index (χ1) is 14.7. The highest BCUT2D eigenvalue weighted by molar-refractivity contribution is 6.30. The van der Waals surface area contributed by atoms with E-state index in [4.69, 9.17) is 17.3 Å². The fourth-order valence-corrected chi connectivity index (χ4v) is 3.22. The number of halogens is 1. The topological polar surface area (TPSA) is 105 Å². The number of nitrogens with one attached hydrogen (secondary N) is 1. The number of carboxylic acid groups (broad SMARTS) is 1. The maximum Gasteiger partial charge on any atom is 0.313 e. The summed E-state index contributed by atoms with van der Waals surface area (Å²) in [4.78, 5) is 28.6. The number of benzene rings is 2. The maximum atomic E-state index is 12.7. The molecule has 0 saturated heterocycles. The van der Waals surface area contributed by atoms with Gasteiger partial charge < -0.3 is 16.2 Å². The number of hydrogen-bond acceptors (Lipinski definition) is 4. The van der Waals surface area contributed by atoms with Gasteiger partial charge in [0.25, 0.3) is 0 Å². The Kier molecular flexibility index (Phi) is 6.73. The molecule has 1 atom stereocenters. The number of carbonyl (C=O) groups is 2. The number of rotatable bonds is 7. The van der Waals surface area contributed by atoms with Gasteiger partial charge >= 0.3 is 5.97 Å². The van der Waals surface area contributed by atoms with Crippen molar-refractivity contribution in [1.82, 2.24) is 4.98 Å². The van der Waals surface area contributed by atoms with Crippen LogP contribution in [0, 0.1) is 0 Å². The number of nitrogens with two attached hydrogens (primary N) is 1. The molecule has 31 heavy (non-hydrogen) atoms. The number of carboxylic acids is 1. The molecule has 0 bridgehead atoms. The lowest BCUT2D eigenvalue weighted by Gasteiger charge is -2.22. The lowest BCUT2D eigenvalue weighted by Crippen LogP contribution is -2.37. The SMILES string of the molecule is CC(C)(C(=O)O)c1cc(NC(=O)[C@@H](N)Cc2ccc(Cl)cc2)cc(-c2ccncc2)c1. The molecule has 0 radical (unpaired) electrons. The number of carbonyl (C=O) groups excluding carboxylic acids is 1. The van der Waals surface area contributed by atoms with Gasteiger partial charge in [0.05, 0.1) is 11.5 Å². The van der Waals surface area contributed by atoms with E-state index >= 15 is 0 Å². The molecule has 160 valence electrons. The minimum Gasteiger partial charge on any atom is -0.481 e. The third-order valence-corrected chi connectivity index (χ3v) is 5.43. The van der Waals surface area contributed by atoms with Crippen LogP contribution in [-0.4, -0.2) is 28.0 Å². The average Bonchev–Trinajstić information content (AvgIpc) is 2.75. The molecule has 7 heteroatoms. The number of amides is 1. The number of anilines is 1. The van der Waals surface area contributed by atoms with Gasteiger partial charge in [-0.05, 0) is 85.0 Å². The zero-order valence-corrected chi connectivity index (χ0v) is 18.1. The van der Waals surface area contributed by atoms with Crippen LogP contribution in [0.3, 0.4) is 0 Å². The van der Waals surface area contributed by atoms with E-state index in [1.807, 2.05) is 30.3 Å². The summed E-state index contributed by atoms with van der Waals surface area (Å²) in [5.41, 5.74) is 8.54. The lowest BCUT2D eigenvalue weighted by atomic mass is 9.83. The molecule has 6 nitrogen and oxygen atoms in total. The van der Waals surface area contributed by atoms with Crippen LogP contribution in [0.5, 0.6) is 0 Å². The first-order valence-electron chi connectivity index (χ1n) is 9.77. The molecule has 0 aliphatic rings. The molecule has 1 aromatic heterocycles. The second-order valence-electron chi connectivity index (χ2n) is 7.89. The predicted octanol–water partition coefficient (Wildman–Crippen LogP) is 4.27. The van der Waals surface area contributed by atoms with Crippen molar-refractivity contribution in [1.29, 1.82) is 0 Å². The second-order valence-corrected chi connectivity index (χ2v) is 8.33. The molecule has 0 spiro atoms. The van der Waals surface area contributed by atoms with Crippen LogP contribution in [-0.2, 0) is 21.4 Å². The van der Waals surface area contributed by atoms with E-state index in [0.29, 0.717) is 22.7 Å². The summed E-state index contributed by atoms with van der Waals surface area (Å²) >= 11 is 5.90. The van der Waals surface area contributed by atoms with Crippen molar-refractivity contribution in [2.24, 2.45) is 5.73 Å². The lowest BCUT2D eigenvalue weighted by molar-refractivity contribution is -0.142. The third-order valence-electron chi connectivity index (χ3n) is 5.18. The van der Waals surface area contributed by atoms with E-state index in [0.717, 1.165) is 16.7 Å². The minimum atomic E-state index is -1.14. The molecule has 0 fully saturated rings. The largest absolute Gasteiger partial charge is 0.481 e. The Morgan fingerprint density at radius 2 is 1.71 bits per heavy atom. The fraction of sp³-hybridized carbons (Fsp3) is 0.208. The molecular weight excluding hydrogens is 414 g/mol. The fourth-order valence-electron chi connectivity index (χ4n) is 3.10. The van der Waals surface area contributed by atoms with E-state index in [1.54, 1.807) is 50.5 Å². The first-order valence-corrected chi connectivity index (χ1v) is 10.1. The standard InChI is InChI=1S/C24H24ClN3O3/c1-24(2,23(30)31)18-12-17(16-7-9-27-10-8-16)13-20(14-18)28-22(29)21(26)11-15-3-5-19(25)6-4-15/h3-10,12-14,21H,11,26H2,1-2H3,(H,28,29)(H,30,31)/t21-/m0/s1. The van der Waals surface area contributed by atoms with Crippen LogP contribution in [0.4, 0.5) is 5.69 Å². The third kappa shape index (κ3) is 5.48. The van der Waals surface area contributed by atoms with Gasteiger partial charge in [0, 0.05) is 23.1 Å². The number of aliphatic carboxylic acids is 1. The van der Waals surface area contributed by atoms with Crippen molar-refractivity contribution in [3.8, 4) is 11.1 Å². The monoisotopic (exact) mass is 437 g/mol. The summed E-state index contributed by atoms with van der Waals surface area (Å²) in [7, 11) is 0. The molecule has 4 N–H and O–H groups in total. The molecule has 3 rings (SSSR count). The van der Waals surface area contributed by atoms with Gasteiger partial charge in [-0.3, -0.25) is 14.6 Å². The number of hydrogen-bond donors (Lipinski definition) is 3. The minimum absolute atomic E-state index is 0.348. The van der Waals surface area contributed by atoms with Crippen LogP contribution in [0.2, 0.25) is 5.02 Å². The molecule has 0 saturated carbocycles.